The van der Waals surface area contributed by atoms with Crippen LogP contribution in [-0.4, -0.2) is 29.9 Å². The van der Waals surface area contributed by atoms with Gasteiger partial charge in [0.1, 0.15) is 0 Å². The molecule has 1 aliphatic rings. The molecule has 0 atom stereocenters. The average Bonchev–Trinajstić information content (AvgIpc) is 3.16. The molecule has 3 aromatic heterocycles. The first kappa shape index (κ1) is 14.7. The Labute approximate surface area is 148 Å². The SMILES string of the molecule is Clc1cc(Nc2n[nH]c3nccnc23)cc2cnn(CC3CCC3)c12. The normalized spacial score (nSPS) is 14.9. The van der Waals surface area contributed by atoms with Gasteiger partial charge in [-0.05, 0) is 30.9 Å². The zero-order valence-electron chi connectivity index (χ0n) is 13.4. The van der Waals surface area contributed by atoms with Gasteiger partial charge >= 0.3 is 0 Å². The van der Waals surface area contributed by atoms with Crippen LogP contribution in [0.3, 0.4) is 0 Å². The second kappa shape index (κ2) is 5.70. The summed E-state index contributed by atoms with van der Waals surface area (Å²) in [5.41, 5.74) is 3.18. The molecule has 0 amide bonds. The standard InChI is InChI=1S/C17H16ClN7/c18-13-7-12(22-17-14-16(23-24-17)20-5-4-19-14)6-11-8-21-25(15(11)13)9-10-2-1-3-10/h4-8,10H,1-3,9H2,(H2,20,22,23,24). The number of benzene rings is 1. The quantitative estimate of drug-likeness (QED) is 0.581. The molecule has 4 aromatic rings. The van der Waals surface area contributed by atoms with Crippen molar-refractivity contribution in [2.45, 2.75) is 25.8 Å². The number of anilines is 2. The average molecular weight is 354 g/mol. The van der Waals surface area contributed by atoms with E-state index >= 15 is 0 Å². The molecule has 2 N–H and O–H groups in total. The topological polar surface area (TPSA) is 84.3 Å². The second-order valence-electron chi connectivity index (χ2n) is 6.47. The highest BCUT2D eigenvalue weighted by atomic mass is 35.5. The summed E-state index contributed by atoms with van der Waals surface area (Å²) in [5, 5.41) is 16.6. The Morgan fingerprint density at radius 3 is 2.96 bits per heavy atom. The molecular weight excluding hydrogens is 338 g/mol. The largest absolute Gasteiger partial charge is 0.337 e. The summed E-state index contributed by atoms with van der Waals surface area (Å²) < 4.78 is 2.03. The lowest BCUT2D eigenvalue weighted by molar-refractivity contribution is 0.270. The van der Waals surface area contributed by atoms with Gasteiger partial charge < -0.3 is 5.32 Å². The number of fused-ring (bicyclic) bond motifs is 2. The van der Waals surface area contributed by atoms with E-state index in [0.29, 0.717) is 22.0 Å². The number of hydrogen-bond acceptors (Lipinski definition) is 5. The van der Waals surface area contributed by atoms with Crippen molar-refractivity contribution in [3.63, 3.8) is 0 Å². The van der Waals surface area contributed by atoms with E-state index in [1.807, 2.05) is 23.0 Å². The first-order chi connectivity index (χ1) is 12.3. The number of nitrogens with zero attached hydrogens (tertiary/aromatic N) is 5. The van der Waals surface area contributed by atoms with Crippen molar-refractivity contribution in [2.24, 2.45) is 5.92 Å². The fraction of sp³-hybridized carbons (Fsp3) is 0.294. The molecule has 0 bridgehead atoms. The van der Waals surface area contributed by atoms with Crippen molar-refractivity contribution in [1.29, 1.82) is 0 Å². The molecule has 7 nitrogen and oxygen atoms in total. The summed E-state index contributed by atoms with van der Waals surface area (Å²) in [6.45, 7) is 0.940. The molecule has 0 unspecified atom stereocenters. The van der Waals surface area contributed by atoms with Crippen molar-refractivity contribution in [3.05, 3.63) is 35.7 Å². The van der Waals surface area contributed by atoms with E-state index in [-0.39, 0.29) is 0 Å². The molecule has 8 heteroatoms. The monoisotopic (exact) mass is 353 g/mol. The zero-order valence-corrected chi connectivity index (χ0v) is 14.2. The van der Waals surface area contributed by atoms with Crippen LogP contribution in [0.2, 0.25) is 5.02 Å². The number of aromatic amines is 1. The van der Waals surface area contributed by atoms with Gasteiger partial charge in [-0.2, -0.15) is 10.2 Å². The molecule has 1 aromatic carbocycles. The van der Waals surface area contributed by atoms with E-state index in [9.17, 15) is 0 Å². The van der Waals surface area contributed by atoms with Gasteiger partial charge in [-0.1, -0.05) is 18.0 Å². The van der Waals surface area contributed by atoms with Crippen molar-refractivity contribution in [1.82, 2.24) is 29.9 Å². The van der Waals surface area contributed by atoms with E-state index in [1.165, 1.54) is 19.3 Å². The predicted octanol–water partition coefficient (Wildman–Crippen LogP) is 3.90. The summed E-state index contributed by atoms with van der Waals surface area (Å²) >= 11 is 6.55. The lowest BCUT2D eigenvalue weighted by Gasteiger charge is -2.25. The Hall–Kier alpha value is -2.67. The first-order valence-electron chi connectivity index (χ1n) is 8.35. The Bertz CT molecular complexity index is 1060. The van der Waals surface area contributed by atoms with Crippen molar-refractivity contribution >= 4 is 45.2 Å². The van der Waals surface area contributed by atoms with E-state index in [0.717, 1.165) is 29.1 Å². The van der Waals surface area contributed by atoms with Gasteiger partial charge in [-0.25, -0.2) is 9.97 Å². The molecule has 25 heavy (non-hydrogen) atoms. The van der Waals surface area contributed by atoms with Crippen LogP contribution in [0.5, 0.6) is 0 Å². The third-order valence-corrected chi connectivity index (χ3v) is 5.09. The maximum Gasteiger partial charge on any atom is 0.180 e. The minimum absolute atomic E-state index is 0.625. The van der Waals surface area contributed by atoms with Gasteiger partial charge in [-0.3, -0.25) is 9.78 Å². The second-order valence-corrected chi connectivity index (χ2v) is 6.88. The Kier molecular flexibility index (Phi) is 3.34. The van der Waals surface area contributed by atoms with E-state index in [2.05, 4.69) is 30.6 Å². The van der Waals surface area contributed by atoms with Gasteiger partial charge in [0.2, 0.25) is 0 Å². The lowest BCUT2D eigenvalue weighted by atomic mass is 9.85. The van der Waals surface area contributed by atoms with Crippen LogP contribution < -0.4 is 5.32 Å². The maximum atomic E-state index is 6.55. The minimum Gasteiger partial charge on any atom is -0.337 e. The highest BCUT2D eigenvalue weighted by molar-refractivity contribution is 6.35. The minimum atomic E-state index is 0.625. The maximum absolute atomic E-state index is 6.55. The van der Waals surface area contributed by atoms with Gasteiger partial charge in [0.05, 0.1) is 16.7 Å². The summed E-state index contributed by atoms with van der Waals surface area (Å²) in [6.07, 6.45) is 9.03. The number of nitrogens with one attached hydrogen (secondary N) is 2. The number of hydrogen-bond donors (Lipinski definition) is 2. The zero-order chi connectivity index (χ0) is 16.8. The highest BCUT2D eigenvalue weighted by Crippen LogP contribution is 2.33. The molecule has 1 saturated carbocycles. The summed E-state index contributed by atoms with van der Waals surface area (Å²) in [4.78, 5) is 8.50. The molecule has 0 spiro atoms. The lowest BCUT2D eigenvalue weighted by Crippen LogP contribution is -2.18. The third-order valence-electron chi connectivity index (χ3n) is 4.80. The van der Waals surface area contributed by atoms with Gasteiger partial charge in [-0.15, -0.1) is 0 Å². The number of H-pyrrole nitrogens is 1. The number of aromatic nitrogens is 6. The fourth-order valence-electron chi connectivity index (χ4n) is 3.29. The smallest absolute Gasteiger partial charge is 0.180 e. The molecule has 0 radical (unpaired) electrons. The summed E-state index contributed by atoms with van der Waals surface area (Å²) in [6, 6.07) is 3.93. The molecule has 0 saturated heterocycles. The van der Waals surface area contributed by atoms with Crippen LogP contribution in [-0.2, 0) is 6.54 Å². The van der Waals surface area contributed by atoms with Crippen LogP contribution >= 0.6 is 11.6 Å². The van der Waals surface area contributed by atoms with Crippen molar-refractivity contribution in [2.75, 3.05) is 5.32 Å². The van der Waals surface area contributed by atoms with Crippen molar-refractivity contribution in [3.8, 4) is 0 Å². The number of halogens is 1. The Morgan fingerprint density at radius 1 is 1.24 bits per heavy atom. The van der Waals surface area contributed by atoms with Crippen LogP contribution in [0.4, 0.5) is 11.5 Å². The van der Waals surface area contributed by atoms with Crippen molar-refractivity contribution < 1.29 is 0 Å². The van der Waals surface area contributed by atoms with Crippen LogP contribution in [0, 0.1) is 5.92 Å². The van der Waals surface area contributed by atoms with Gasteiger partial charge in [0, 0.05) is 30.0 Å². The summed E-state index contributed by atoms with van der Waals surface area (Å²) in [5.74, 6) is 1.35. The van der Waals surface area contributed by atoms with Gasteiger partial charge in [0.25, 0.3) is 0 Å². The molecule has 0 aliphatic heterocycles. The van der Waals surface area contributed by atoms with Gasteiger partial charge in [0.15, 0.2) is 17.0 Å². The van der Waals surface area contributed by atoms with Crippen LogP contribution in [0.15, 0.2) is 30.7 Å². The molecule has 3 heterocycles. The van der Waals surface area contributed by atoms with Crippen LogP contribution in [0.1, 0.15) is 19.3 Å². The van der Waals surface area contributed by atoms with Crippen LogP contribution in [0.25, 0.3) is 22.1 Å². The number of rotatable bonds is 4. The molecule has 1 fully saturated rings. The van der Waals surface area contributed by atoms with E-state index in [1.54, 1.807) is 12.4 Å². The predicted molar refractivity (Wildman–Crippen MR) is 97.1 cm³/mol. The summed E-state index contributed by atoms with van der Waals surface area (Å²) in [7, 11) is 0. The Morgan fingerprint density at radius 2 is 2.12 bits per heavy atom. The molecule has 126 valence electrons. The van der Waals surface area contributed by atoms with E-state index in [4.69, 9.17) is 11.6 Å². The fourth-order valence-corrected chi connectivity index (χ4v) is 3.61. The third kappa shape index (κ3) is 2.51. The Balaban J connectivity index is 1.50. The van der Waals surface area contributed by atoms with E-state index < -0.39 is 0 Å². The molecular formula is C17H16ClN7. The molecule has 1 aliphatic carbocycles. The first-order valence-corrected chi connectivity index (χ1v) is 8.73. The highest BCUT2D eigenvalue weighted by Gasteiger charge is 2.20. The molecule has 5 rings (SSSR count).